The Labute approximate surface area is 120 Å². The summed E-state index contributed by atoms with van der Waals surface area (Å²) in [7, 11) is -1.96. The second-order valence-electron chi connectivity index (χ2n) is 5.36. The van der Waals surface area contributed by atoms with Gasteiger partial charge in [-0.05, 0) is 49.3 Å². The third-order valence-electron chi connectivity index (χ3n) is 3.08. The van der Waals surface area contributed by atoms with Crippen molar-refractivity contribution in [3.05, 3.63) is 60.7 Å². The summed E-state index contributed by atoms with van der Waals surface area (Å²) in [5, 5.41) is 0. The van der Waals surface area contributed by atoms with Gasteiger partial charge < -0.3 is 0 Å². The lowest BCUT2D eigenvalue weighted by molar-refractivity contribution is 1.36. The SMILES string of the molecule is CS(C)(NS(C)(C)c1ccccc1)c1ccccc1. The van der Waals surface area contributed by atoms with E-state index in [0.29, 0.717) is 0 Å². The minimum absolute atomic E-state index is 0.979. The molecule has 0 fully saturated rings. The number of rotatable bonds is 4. The predicted octanol–water partition coefficient (Wildman–Crippen LogP) is 4.65. The van der Waals surface area contributed by atoms with Gasteiger partial charge in [0.2, 0.25) is 0 Å². The molecule has 1 N–H and O–H groups in total. The van der Waals surface area contributed by atoms with Crippen LogP contribution >= 0.6 is 20.4 Å². The standard InChI is InChI=1S/C16H23NS2/c1-18(2,15-11-7-5-8-12-15)17-19(3,4)16-13-9-6-10-14-16/h5-14,17H,1-4H3. The third-order valence-corrected chi connectivity index (χ3v) is 9.32. The molecule has 2 rings (SSSR count). The fraction of sp³-hybridized carbons (Fsp3) is 0.250. The van der Waals surface area contributed by atoms with Crippen molar-refractivity contribution in [3.8, 4) is 0 Å². The molecule has 0 bridgehead atoms. The van der Waals surface area contributed by atoms with Crippen molar-refractivity contribution < 1.29 is 0 Å². The van der Waals surface area contributed by atoms with Crippen LogP contribution < -0.4 is 4.13 Å². The van der Waals surface area contributed by atoms with Crippen molar-refractivity contribution in [2.24, 2.45) is 0 Å². The van der Waals surface area contributed by atoms with Gasteiger partial charge in [-0.2, -0.15) is 20.4 Å². The van der Waals surface area contributed by atoms with Crippen molar-refractivity contribution in [1.82, 2.24) is 4.13 Å². The molecule has 0 aliphatic carbocycles. The molecule has 2 aromatic rings. The molecule has 0 heterocycles. The maximum atomic E-state index is 3.93. The molecule has 0 saturated carbocycles. The van der Waals surface area contributed by atoms with Gasteiger partial charge in [-0.1, -0.05) is 36.4 Å². The molecule has 3 heteroatoms. The summed E-state index contributed by atoms with van der Waals surface area (Å²) >= 11 is 0. The molecule has 0 spiro atoms. The Kier molecular flexibility index (Phi) is 4.29. The van der Waals surface area contributed by atoms with E-state index in [1.54, 1.807) is 0 Å². The topological polar surface area (TPSA) is 12.0 Å². The lowest BCUT2D eigenvalue weighted by Gasteiger charge is -2.44. The Morgan fingerprint density at radius 1 is 0.579 bits per heavy atom. The van der Waals surface area contributed by atoms with Crippen LogP contribution in [0.5, 0.6) is 0 Å². The Morgan fingerprint density at radius 3 is 1.21 bits per heavy atom. The number of hydrogen-bond donors (Lipinski definition) is 1. The zero-order valence-electron chi connectivity index (χ0n) is 12.1. The maximum Gasteiger partial charge on any atom is 0.00243 e. The minimum atomic E-state index is -0.979. The zero-order valence-corrected chi connectivity index (χ0v) is 13.7. The first-order valence-electron chi connectivity index (χ1n) is 6.27. The van der Waals surface area contributed by atoms with Crippen molar-refractivity contribution in [3.63, 3.8) is 0 Å². The zero-order chi connectivity index (χ0) is 13.9. The summed E-state index contributed by atoms with van der Waals surface area (Å²) in [4.78, 5) is 2.82. The second kappa shape index (κ2) is 5.61. The van der Waals surface area contributed by atoms with E-state index >= 15 is 0 Å². The van der Waals surface area contributed by atoms with Gasteiger partial charge in [-0.25, -0.2) is 4.13 Å². The van der Waals surface area contributed by atoms with Crippen LogP contribution in [0.2, 0.25) is 0 Å². The van der Waals surface area contributed by atoms with Crippen molar-refractivity contribution in [2.45, 2.75) is 9.79 Å². The molecule has 19 heavy (non-hydrogen) atoms. The highest BCUT2D eigenvalue weighted by Crippen LogP contribution is 2.57. The van der Waals surface area contributed by atoms with E-state index in [1.165, 1.54) is 9.79 Å². The fourth-order valence-corrected chi connectivity index (χ4v) is 8.75. The van der Waals surface area contributed by atoms with E-state index in [-0.39, 0.29) is 0 Å². The summed E-state index contributed by atoms with van der Waals surface area (Å²) in [5.74, 6) is 0. The van der Waals surface area contributed by atoms with Crippen molar-refractivity contribution in [2.75, 3.05) is 25.0 Å². The number of nitrogens with one attached hydrogen (secondary N) is 1. The first-order valence-corrected chi connectivity index (χ1v) is 11.2. The van der Waals surface area contributed by atoms with Crippen LogP contribution in [0.15, 0.2) is 70.5 Å². The normalized spacial score (nSPS) is 14.1. The lowest BCUT2D eigenvalue weighted by atomic mass is 10.4. The van der Waals surface area contributed by atoms with Gasteiger partial charge in [0, 0.05) is 9.79 Å². The van der Waals surface area contributed by atoms with E-state index < -0.39 is 20.4 Å². The summed E-state index contributed by atoms with van der Waals surface area (Å²) in [6.07, 6.45) is 9.33. The van der Waals surface area contributed by atoms with Gasteiger partial charge >= 0.3 is 0 Å². The Bertz CT molecular complexity index is 471. The second-order valence-corrected chi connectivity index (χ2v) is 12.3. The highest BCUT2D eigenvalue weighted by Gasteiger charge is 2.23. The van der Waals surface area contributed by atoms with Gasteiger partial charge in [0.1, 0.15) is 0 Å². The fourth-order valence-electron chi connectivity index (χ4n) is 2.14. The summed E-state index contributed by atoms with van der Waals surface area (Å²) in [6.45, 7) is 0. The van der Waals surface area contributed by atoms with E-state index in [2.05, 4.69) is 89.8 Å². The van der Waals surface area contributed by atoms with Crippen molar-refractivity contribution >= 4 is 20.4 Å². The van der Waals surface area contributed by atoms with E-state index in [0.717, 1.165) is 0 Å². The average Bonchev–Trinajstić information content (AvgIpc) is 2.40. The highest BCUT2D eigenvalue weighted by atomic mass is 32.3. The molecule has 0 unspecified atom stereocenters. The quantitative estimate of drug-likeness (QED) is 0.865. The van der Waals surface area contributed by atoms with Crippen LogP contribution in [-0.4, -0.2) is 25.0 Å². The summed E-state index contributed by atoms with van der Waals surface area (Å²) in [6, 6.07) is 21.5. The summed E-state index contributed by atoms with van der Waals surface area (Å²) < 4.78 is 3.93. The van der Waals surface area contributed by atoms with Crippen molar-refractivity contribution in [1.29, 1.82) is 0 Å². The smallest absolute Gasteiger partial charge is 0.00243 e. The molecule has 0 aromatic heterocycles. The molecule has 0 aliphatic rings. The Balaban J connectivity index is 2.25. The largest absolute Gasteiger partial charge is 0.237 e. The van der Waals surface area contributed by atoms with E-state index in [1.807, 2.05) is 0 Å². The molecule has 0 aliphatic heterocycles. The first kappa shape index (κ1) is 14.5. The molecular weight excluding hydrogens is 270 g/mol. The average molecular weight is 294 g/mol. The Hall–Kier alpha value is -0.900. The van der Waals surface area contributed by atoms with Gasteiger partial charge in [-0.15, -0.1) is 0 Å². The van der Waals surface area contributed by atoms with E-state index in [9.17, 15) is 0 Å². The molecule has 104 valence electrons. The molecule has 2 aromatic carbocycles. The molecule has 0 atom stereocenters. The molecule has 0 saturated heterocycles. The van der Waals surface area contributed by atoms with Crippen LogP contribution in [0.4, 0.5) is 0 Å². The molecular formula is C16H23NS2. The van der Waals surface area contributed by atoms with E-state index in [4.69, 9.17) is 0 Å². The Morgan fingerprint density at radius 2 is 0.895 bits per heavy atom. The number of hydrogen-bond acceptors (Lipinski definition) is 1. The van der Waals surface area contributed by atoms with Gasteiger partial charge in [-0.3, -0.25) is 0 Å². The molecule has 0 amide bonds. The third kappa shape index (κ3) is 3.56. The van der Waals surface area contributed by atoms with Gasteiger partial charge in [0.05, 0.1) is 0 Å². The van der Waals surface area contributed by atoms with Crippen LogP contribution in [0.1, 0.15) is 0 Å². The van der Waals surface area contributed by atoms with Crippen LogP contribution in [0, 0.1) is 0 Å². The highest BCUT2D eigenvalue weighted by molar-refractivity contribution is 8.45. The maximum absolute atomic E-state index is 3.93. The van der Waals surface area contributed by atoms with Crippen LogP contribution in [-0.2, 0) is 0 Å². The first-order chi connectivity index (χ1) is 8.92. The summed E-state index contributed by atoms with van der Waals surface area (Å²) in [5.41, 5.74) is 0. The lowest BCUT2D eigenvalue weighted by Crippen LogP contribution is -2.23. The molecule has 0 radical (unpaired) electrons. The predicted molar refractivity (Wildman–Crippen MR) is 91.4 cm³/mol. The monoisotopic (exact) mass is 293 g/mol. The molecule has 1 nitrogen and oxygen atoms in total. The van der Waals surface area contributed by atoms with Gasteiger partial charge in [0.15, 0.2) is 0 Å². The van der Waals surface area contributed by atoms with Crippen LogP contribution in [0.25, 0.3) is 0 Å². The minimum Gasteiger partial charge on any atom is -0.237 e. The number of benzene rings is 2. The van der Waals surface area contributed by atoms with Gasteiger partial charge in [0.25, 0.3) is 0 Å². The van der Waals surface area contributed by atoms with Crippen LogP contribution in [0.3, 0.4) is 0 Å².